The number of hydrogen-bond donors (Lipinski definition) is 4. The lowest BCUT2D eigenvalue weighted by Gasteiger charge is -2.27. The molecule has 0 aliphatic rings. The van der Waals surface area contributed by atoms with Crippen LogP contribution in [0.1, 0.15) is 19.4 Å². The monoisotopic (exact) mass is 335 g/mol. The van der Waals surface area contributed by atoms with Gasteiger partial charge in [-0.1, -0.05) is 13.8 Å². The number of amides is 1. The number of carbonyl (C=O) groups is 1. The maximum Gasteiger partial charge on any atom is 0.249 e. The Balaban J connectivity index is 2.12. The summed E-state index contributed by atoms with van der Waals surface area (Å²) in [6, 6.07) is 8.90. The van der Waals surface area contributed by atoms with Crippen molar-refractivity contribution in [2.75, 3.05) is 32.8 Å². The molecule has 1 aromatic carbocycles. The van der Waals surface area contributed by atoms with Gasteiger partial charge >= 0.3 is 0 Å². The van der Waals surface area contributed by atoms with Crippen LogP contribution in [0.3, 0.4) is 0 Å². The van der Waals surface area contributed by atoms with Gasteiger partial charge in [0.05, 0.1) is 18.2 Å². The molecule has 4 N–H and O–H groups in total. The van der Waals surface area contributed by atoms with Crippen LogP contribution in [0.2, 0.25) is 0 Å². The van der Waals surface area contributed by atoms with Crippen molar-refractivity contribution < 1.29 is 19.7 Å². The van der Waals surface area contributed by atoms with Gasteiger partial charge < -0.3 is 25.6 Å². The van der Waals surface area contributed by atoms with Gasteiger partial charge in [-0.2, -0.15) is 5.26 Å². The van der Waals surface area contributed by atoms with E-state index in [4.69, 9.17) is 15.1 Å². The molecular formula is C17H25N3O4. The van der Waals surface area contributed by atoms with Crippen LogP contribution in [-0.4, -0.2) is 55.1 Å². The highest BCUT2D eigenvalue weighted by Gasteiger charge is 2.32. The van der Waals surface area contributed by atoms with E-state index in [1.165, 1.54) is 0 Å². The highest BCUT2D eigenvalue weighted by atomic mass is 16.5. The van der Waals surface area contributed by atoms with E-state index in [1.54, 1.807) is 38.1 Å². The Morgan fingerprint density at radius 2 is 1.96 bits per heavy atom. The number of nitrogens with one attached hydrogen (secondary N) is 2. The van der Waals surface area contributed by atoms with Gasteiger partial charge in [-0.3, -0.25) is 4.79 Å². The third-order valence-corrected chi connectivity index (χ3v) is 3.53. The average Bonchev–Trinajstić information content (AvgIpc) is 2.60. The van der Waals surface area contributed by atoms with Crippen LogP contribution in [0.25, 0.3) is 0 Å². The van der Waals surface area contributed by atoms with E-state index >= 15 is 0 Å². The van der Waals surface area contributed by atoms with Gasteiger partial charge in [-0.15, -0.1) is 0 Å². The number of aliphatic hydroxyl groups is 2. The minimum atomic E-state index is -1.25. The van der Waals surface area contributed by atoms with Gasteiger partial charge in [-0.05, 0) is 24.3 Å². The van der Waals surface area contributed by atoms with Crippen molar-refractivity contribution in [2.45, 2.75) is 20.0 Å². The molecule has 7 heteroatoms. The summed E-state index contributed by atoms with van der Waals surface area (Å²) in [4.78, 5) is 11.7. The summed E-state index contributed by atoms with van der Waals surface area (Å²) in [5.41, 5.74) is -0.283. The van der Waals surface area contributed by atoms with E-state index in [9.17, 15) is 9.90 Å². The second-order valence-electron chi connectivity index (χ2n) is 6.07. The zero-order valence-corrected chi connectivity index (χ0v) is 14.1. The normalized spacial score (nSPS) is 12.3. The molecule has 1 atom stereocenters. The summed E-state index contributed by atoms with van der Waals surface area (Å²) < 4.78 is 5.50. The SMILES string of the molecule is CC(C)(CO)[C@@H](O)C(=O)NCCNCCOc1ccc(C#N)cc1. The lowest BCUT2D eigenvalue weighted by Crippen LogP contribution is -2.47. The zero-order chi connectivity index (χ0) is 18.0. The minimum Gasteiger partial charge on any atom is -0.492 e. The predicted octanol–water partition coefficient (Wildman–Crippen LogP) is 0.0223. The van der Waals surface area contributed by atoms with Gasteiger partial charge in [0.2, 0.25) is 5.91 Å². The zero-order valence-electron chi connectivity index (χ0n) is 14.1. The Hall–Kier alpha value is -2.14. The van der Waals surface area contributed by atoms with Crippen molar-refractivity contribution in [3.05, 3.63) is 29.8 Å². The van der Waals surface area contributed by atoms with E-state index in [1.807, 2.05) is 6.07 Å². The van der Waals surface area contributed by atoms with Crippen LogP contribution >= 0.6 is 0 Å². The van der Waals surface area contributed by atoms with Crippen molar-refractivity contribution in [1.29, 1.82) is 5.26 Å². The Bertz CT molecular complexity index is 552. The van der Waals surface area contributed by atoms with Gasteiger partial charge in [0.15, 0.2) is 0 Å². The third-order valence-electron chi connectivity index (χ3n) is 3.53. The van der Waals surface area contributed by atoms with Gasteiger partial charge in [0, 0.05) is 25.0 Å². The first-order valence-electron chi connectivity index (χ1n) is 7.81. The molecule has 0 aromatic heterocycles. The number of nitriles is 1. The summed E-state index contributed by atoms with van der Waals surface area (Å²) in [6.07, 6.45) is -1.25. The van der Waals surface area contributed by atoms with E-state index in [0.29, 0.717) is 37.6 Å². The summed E-state index contributed by atoms with van der Waals surface area (Å²) >= 11 is 0. The fourth-order valence-electron chi connectivity index (χ4n) is 1.80. The standard InChI is InChI=1S/C17H25N3O4/c1-17(2,12-21)15(22)16(23)20-8-7-19-9-10-24-14-5-3-13(11-18)4-6-14/h3-6,15,19,21-22H,7-10,12H2,1-2H3,(H,20,23)/t15-/m0/s1. The third kappa shape index (κ3) is 6.54. The highest BCUT2D eigenvalue weighted by Crippen LogP contribution is 2.19. The summed E-state index contributed by atoms with van der Waals surface area (Å²) in [5, 5.41) is 33.4. The first-order valence-corrected chi connectivity index (χ1v) is 7.81. The molecule has 0 aliphatic carbocycles. The van der Waals surface area contributed by atoms with Gasteiger partial charge in [-0.25, -0.2) is 0 Å². The number of aliphatic hydroxyl groups excluding tert-OH is 2. The van der Waals surface area contributed by atoms with E-state index in [0.717, 1.165) is 0 Å². The Kier molecular flexibility index (Phi) is 8.19. The number of carbonyl (C=O) groups excluding carboxylic acids is 1. The molecule has 132 valence electrons. The van der Waals surface area contributed by atoms with Crippen molar-refractivity contribution in [3.63, 3.8) is 0 Å². The lowest BCUT2D eigenvalue weighted by atomic mass is 9.87. The molecule has 7 nitrogen and oxygen atoms in total. The van der Waals surface area contributed by atoms with Gasteiger partial charge in [0.1, 0.15) is 18.5 Å². The maximum atomic E-state index is 11.7. The molecule has 1 amide bonds. The Labute approximate surface area is 142 Å². The predicted molar refractivity (Wildman–Crippen MR) is 89.4 cm³/mol. The Morgan fingerprint density at radius 3 is 2.54 bits per heavy atom. The van der Waals surface area contributed by atoms with E-state index in [2.05, 4.69) is 10.6 Å². The molecule has 0 fully saturated rings. The van der Waals surface area contributed by atoms with Crippen LogP contribution < -0.4 is 15.4 Å². The first kappa shape index (κ1) is 19.9. The van der Waals surface area contributed by atoms with Crippen LogP contribution in [0.15, 0.2) is 24.3 Å². The quantitative estimate of drug-likeness (QED) is 0.448. The number of hydrogen-bond acceptors (Lipinski definition) is 6. The molecule has 0 unspecified atom stereocenters. The molecular weight excluding hydrogens is 310 g/mol. The molecule has 0 spiro atoms. The number of nitrogens with zero attached hydrogens (tertiary/aromatic N) is 1. The highest BCUT2D eigenvalue weighted by molar-refractivity contribution is 5.81. The second-order valence-corrected chi connectivity index (χ2v) is 6.07. The number of rotatable bonds is 10. The summed E-state index contributed by atoms with van der Waals surface area (Å²) in [6.45, 7) is 4.93. The lowest BCUT2D eigenvalue weighted by molar-refractivity contribution is -0.137. The molecule has 0 radical (unpaired) electrons. The molecule has 1 rings (SSSR count). The molecule has 0 aliphatic heterocycles. The number of benzene rings is 1. The van der Waals surface area contributed by atoms with Crippen LogP contribution in [0.4, 0.5) is 0 Å². The van der Waals surface area contributed by atoms with Gasteiger partial charge in [0.25, 0.3) is 0 Å². The van der Waals surface area contributed by atoms with E-state index < -0.39 is 17.4 Å². The summed E-state index contributed by atoms with van der Waals surface area (Å²) in [5.74, 6) is 0.197. The Morgan fingerprint density at radius 1 is 1.29 bits per heavy atom. The van der Waals surface area contributed by atoms with Crippen LogP contribution in [0.5, 0.6) is 5.75 Å². The molecule has 0 saturated heterocycles. The van der Waals surface area contributed by atoms with Crippen LogP contribution in [0, 0.1) is 16.7 Å². The molecule has 0 bridgehead atoms. The van der Waals surface area contributed by atoms with Crippen molar-refractivity contribution >= 4 is 5.91 Å². The first-order chi connectivity index (χ1) is 11.4. The molecule has 1 aromatic rings. The second kappa shape index (κ2) is 9.88. The van der Waals surface area contributed by atoms with E-state index in [-0.39, 0.29) is 6.61 Å². The minimum absolute atomic E-state index is 0.271. The largest absolute Gasteiger partial charge is 0.492 e. The van der Waals surface area contributed by atoms with Crippen molar-refractivity contribution in [2.24, 2.45) is 5.41 Å². The number of ether oxygens (including phenoxy) is 1. The average molecular weight is 335 g/mol. The molecule has 0 saturated carbocycles. The smallest absolute Gasteiger partial charge is 0.249 e. The topological polar surface area (TPSA) is 115 Å². The molecule has 0 heterocycles. The fourth-order valence-corrected chi connectivity index (χ4v) is 1.80. The maximum absolute atomic E-state index is 11.7. The summed E-state index contributed by atoms with van der Waals surface area (Å²) in [7, 11) is 0. The van der Waals surface area contributed by atoms with Crippen molar-refractivity contribution in [3.8, 4) is 11.8 Å². The van der Waals surface area contributed by atoms with Crippen LogP contribution in [-0.2, 0) is 4.79 Å². The van der Waals surface area contributed by atoms with Crippen molar-refractivity contribution in [1.82, 2.24) is 10.6 Å². The fraction of sp³-hybridized carbons (Fsp3) is 0.529. The molecule has 24 heavy (non-hydrogen) atoms.